The van der Waals surface area contributed by atoms with Crippen LogP contribution in [0.15, 0.2) is 48.8 Å². The molecule has 2 aromatic rings. The van der Waals surface area contributed by atoms with E-state index in [0.29, 0.717) is 17.7 Å². The van der Waals surface area contributed by atoms with Gasteiger partial charge in [-0.1, -0.05) is 30.3 Å². The van der Waals surface area contributed by atoms with Gasteiger partial charge in [-0.05, 0) is 18.1 Å². The molecule has 0 spiro atoms. The van der Waals surface area contributed by atoms with Crippen LogP contribution in [0, 0.1) is 0 Å². The topological polar surface area (TPSA) is 62.6 Å². The third kappa shape index (κ3) is 1.40. The van der Waals surface area contributed by atoms with E-state index >= 15 is 0 Å². The lowest BCUT2D eigenvalue weighted by molar-refractivity contribution is -0.0912. The van der Waals surface area contributed by atoms with Gasteiger partial charge in [0, 0.05) is 18.3 Å². The molecule has 0 radical (unpaired) electrons. The summed E-state index contributed by atoms with van der Waals surface area (Å²) in [7, 11) is 0. The summed E-state index contributed by atoms with van der Waals surface area (Å²) in [6.45, 7) is 0. The van der Waals surface area contributed by atoms with Gasteiger partial charge in [-0.25, -0.2) is 0 Å². The summed E-state index contributed by atoms with van der Waals surface area (Å²) in [6, 6.07) is 11.6. The van der Waals surface area contributed by atoms with Crippen LogP contribution >= 0.6 is 0 Å². The quantitative estimate of drug-likeness (QED) is 0.825. The molecule has 1 fully saturated rings. The lowest BCUT2D eigenvalue weighted by Crippen LogP contribution is -2.42. The molecule has 4 rings (SSSR count). The number of nitrogens with zero attached hydrogens (tertiary/aromatic N) is 1. The van der Waals surface area contributed by atoms with Crippen LogP contribution in [0.5, 0.6) is 5.75 Å². The minimum absolute atomic E-state index is 0.0244. The van der Waals surface area contributed by atoms with E-state index in [0.717, 1.165) is 5.56 Å². The molecule has 0 saturated heterocycles. The Balaban J connectivity index is 1.81. The SMILES string of the molecule is OC1CC(c2ccccc2)C2Oc3ccncc3C12O. The number of hydrogen-bond acceptors (Lipinski definition) is 4. The van der Waals surface area contributed by atoms with Crippen LogP contribution in [-0.4, -0.2) is 27.4 Å². The fourth-order valence-corrected chi connectivity index (χ4v) is 3.48. The van der Waals surface area contributed by atoms with Crippen LogP contribution in [0.1, 0.15) is 23.5 Å². The van der Waals surface area contributed by atoms with Crippen LogP contribution in [0.2, 0.25) is 0 Å². The van der Waals surface area contributed by atoms with Crippen molar-refractivity contribution < 1.29 is 14.9 Å². The third-order valence-electron chi connectivity index (χ3n) is 4.48. The molecule has 4 unspecified atom stereocenters. The smallest absolute Gasteiger partial charge is 0.158 e. The lowest BCUT2D eigenvalue weighted by Gasteiger charge is -2.26. The molecule has 1 aliphatic heterocycles. The number of aliphatic hydroxyl groups excluding tert-OH is 1. The van der Waals surface area contributed by atoms with E-state index in [2.05, 4.69) is 4.98 Å². The molecule has 4 atom stereocenters. The molecule has 0 amide bonds. The molecule has 2 heterocycles. The predicted molar refractivity (Wildman–Crippen MR) is 72.4 cm³/mol. The van der Waals surface area contributed by atoms with Gasteiger partial charge in [0.05, 0.1) is 11.7 Å². The van der Waals surface area contributed by atoms with Crippen LogP contribution in [0.3, 0.4) is 0 Å². The Morgan fingerprint density at radius 2 is 2.00 bits per heavy atom. The van der Waals surface area contributed by atoms with Crippen molar-refractivity contribution in [2.24, 2.45) is 0 Å². The number of ether oxygens (including phenoxy) is 1. The fraction of sp³-hybridized carbons (Fsp3) is 0.312. The summed E-state index contributed by atoms with van der Waals surface area (Å²) in [5, 5.41) is 21.3. The first-order valence-electron chi connectivity index (χ1n) is 6.78. The molecule has 1 aromatic carbocycles. The normalized spacial score (nSPS) is 34.4. The Labute approximate surface area is 116 Å². The third-order valence-corrected chi connectivity index (χ3v) is 4.48. The van der Waals surface area contributed by atoms with Gasteiger partial charge in [0.15, 0.2) is 5.60 Å². The Morgan fingerprint density at radius 1 is 1.20 bits per heavy atom. The number of pyridine rings is 1. The molecule has 1 saturated carbocycles. The summed E-state index contributed by atoms with van der Waals surface area (Å²) in [5.74, 6) is 0.593. The van der Waals surface area contributed by atoms with E-state index in [1.165, 1.54) is 0 Å². The number of benzene rings is 1. The first-order chi connectivity index (χ1) is 9.71. The number of fused-ring (bicyclic) bond motifs is 3. The standard InChI is InChI=1S/C16H15NO3/c18-14-8-11(10-4-2-1-3-5-10)15-16(14,19)12-9-17-7-6-13(12)20-15/h1-7,9,11,14-15,18-19H,8H2. The molecule has 20 heavy (non-hydrogen) atoms. The zero-order chi connectivity index (χ0) is 13.7. The van der Waals surface area contributed by atoms with Gasteiger partial charge in [-0.2, -0.15) is 0 Å². The molecule has 4 nitrogen and oxygen atoms in total. The minimum Gasteiger partial charge on any atom is -0.486 e. The van der Waals surface area contributed by atoms with E-state index in [-0.39, 0.29) is 5.92 Å². The Hall–Kier alpha value is -1.91. The van der Waals surface area contributed by atoms with Crippen molar-refractivity contribution in [3.05, 3.63) is 59.9 Å². The molecule has 1 aromatic heterocycles. The molecular formula is C16H15NO3. The Kier molecular flexibility index (Phi) is 2.40. The monoisotopic (exact) mass is 269 g/mol. The molecule has 102 valence electrons. The molecule has 2 N–H and O–H groups in total. The van der Waals surface area contributed by atoms with Gasteiger partial charge in [-0.15, -0.1) is 0 Å². The van der Waals surface area contributed by atoms with E-state index < -0.39 is 17.8 Å². The number of rotatable bonds is 1. The highest BCUT2D eigenvalue weighted by Gasteiger charge is 2.61. The minimum atomic E-state index is -1.36. The molecule has 0 bridgehead atoms. The first-order valence-corrected chi connectivity index (χ1v) is 6.78. The summed E-state index contributed by atoms with van der Waals surface area (Å²) in [5.41, 5.74) is 0.313. The van der Waals surface area contributed by atoms with Crippen LogP contribution in [-0.2, 0) is 5.60 Å². The van der Waals surface area contributed by atoms with Gasteiger partial charge in [0.1, 0.15) is 11.9 Å². The molecule has 1 aliphatic carbocycles. The molecular weight excluding hydrogens is 254 g/mol. The maximum absolute atomic E-state index is 11.0. The van der Waals surface area contributed by atoms with Crippen molar-refractivity contribution in [3.8, 4) is 5.75 Å². The maximum Gasteiger partial charge on any atom is 0.158 e. The van der Waals surface area contributed by atoms with Crippen LogP contribution in [0.25, 0.3) is 0 Å². The highest BCUT2D eigenvalue weighted by Crippen LogP contribution is 2.54. The van der Waals surface area contributed by atoms with Crippen LogP contribution < -0.4 is 4.74 Å². The number of hydrogen-bond donors (Lipinski definition) is 2. The number of aromatic nitrogens is 1. The fourth-order valence-electron chi connectivity index (χ4n) is 3.48. The van der Waals surface area contributed by atoms with E-state index in [9.17, 15) is 10.2 Å². The Morgan fingerprint density at radius 3 is 2.80 bits per heavy atom. The van der Waals surface area contributed by atoms with Gasteiger partial charge in [0.25, 0.3) is 0 Å². The number of aliphatic hydroxyl groups is 2. The highest BCUT2D eigenvalue weighted by molar-refractivity contribution is 5.46. The second kappa shape index (κ2) is 4.04. The summed E-state index contributed by atoms with van der Waals surface area (Å²) in [6.07, 6.45) is 2.40. The van der Waals surface area contributed by atoms with E-state index in [1.54, 1.807) is 18.5 Å². The van der Waals surface area contributed by atoms with Crippen molar-refractivity contribution in [3.63, 3.8) is 0 Å². The van der Waals surface area contributed by atoms with Crippen molar-refractivity contribution in [1.29, 1.82) is 0 Å². The summed E-state index contributed by atoms with van der Waals surface area (Å²) in [4.78, 5) is 4.04. The maximum atomic E-state index is 11.0. The molecule has 2 aliphatic rings. The van der Waals surface area contributed by atoms with Gasteiger partial charge < -0.3 is 14.9 Å². The van der Waals surface area contributed by atoms with Crippen molar-refractivity contribution in [2.75, 3.05) is 0 Å². The first kappa shape index (κ1) is 11.9. The highest BCUT2D eigenvalue weighted by atomic mass is 16.5. The van der Waals surface area contributed by atoms with Gasteiger partial charge in [0.2, 0.25) is 0 Å². The Bertz CT molecular complexity index is 645. The second-order valence-corrected chi connectivity index (χ2v) is 5.50. The zero-order valence-electron chi connectivity index (χ0n) is 10.8. The van der Waals surface area contributed by atoms with Gasteiger partial charge >= 0.3 is 0 Å². The average Bonchev–Trinajstić information content (AvgIpc) is 2.92. The van der Waals surface area contributed by atoms with Crippen molar-refractivity contribution in [1.82, 2.24) is 4.98 Å². The zero-order valence-corrected chi connectivity index (χ0v) is 10.8. The van der Waals surface area contributed by atoms with Gasteiger partial charge in [-0.3, -0.25) is 4.98 Å². The van der Waals surface area contributed by atoms with Crippen molar-refractivity contribution in [2.45, 2.75) is 30.1 Å². The van der Waals surface area contributed by atoms with E-state index in [1.807, 2.05) is 30.3 Å². The average molecular weight is 269 g/mol. The molecule has 4 heteroatoms. The predicted octanol–water partition coefficient (Wildman–Crippen LogP) is 1.58. The van der Waals surface area contributed by atoms with E-state index in [4.69, 9.17) is 4.74 Å². The lowest BCUT2D eigenvalue weighted by atomic mass is 9.88. The summed E-state index contributed by atoms with van der Waals surface area (Å²) >= 11 is 0. The van der Waals surface area contributed by atoms with Crippen molar-refractivity contribution >= 4 is 0 Å². The second-order valence-electron chi connectivity index (χ2n) is 5.50. The van der Waals surface area contributed by atoms with Crippen LogP contribution in [0.4, 0.5) is 0 Å². The largest absolute Gasteiger partial charge is 0.486 e. The summed E-state index contributed by atoms with van der Waals surface area (Å²) < 4.78 is 5.92.